The number of quaternary nitrogens is 1. The number of nitrogens with one attached hydrogen (secondary N) is 2. The number of carbonyl (C=O) groups excluding carboxylic acids is 1. The molecule has 2 atom stereocenters. The fourth-order valence-corrected chi connectivity index (χ4v) is 4.90. The Morgan fingerprint density at radius 3 is 2.38 bits per heavy atom. The summed E-state index contributed by atoms with van der Waals surface area (Å²) in [6.45, 7) is 3.39. The number of hydrogen-bond donors (Lipinski definition) is 2. The molecule has 1 aliphatic heterocycles. The first-order chi connectivity index (χ1) is 12.4. The lowest BCUT2D eigenvalue weighted by atomic mass is 10.1. The Kier molecular flexibility index (Phi) is 5.41. The van der Waals surface area contributed by atoms with Crippen LogP contribution in [0, 0.1) is 0 Å². The third kappa shape index (κ3) is 3.95. The Labute approximate surface area is 154 Å². The lowest BCUT2D eigenvalue weighted by Gasteiger charge is -2.37. The van der Waals surface area contributed by atoms with Crippen LogP contribution in [0.15, 0.2) is 59.5 Å². The standard InChI is InChI=1S/C19H23N3O3S/c1-15(23)20-17-8-10-18(11-9-17)26(24,25)22-13-12-21(2)14-19(22)16-6-4-3-5-7-16/h3-11,19H,12-14H2,1-2H3,(H,20,23)/p+1/t19-/m1/s1. The smallest absolute Gasteiger partial charge is 0.244 e. The Balaban J connectivity index is 1.92. The van der Waals surface area contributed by atoms with Crippen LogP contribution >= 0.6 is 0 Å². The van der Waals surface area contributed by atoms with Gasteiger partial charge in [-0.25, -0.2) is 8.42 Å². The molecule has 0 spiro atoms. The minimum atomic E-state index is -3.62. The first kappa shape index (κ1) is 18.6. The topological polar surface area (TPSA) is 70.9 Å². The van der Waals surface area contributed by atoms with E-state index in [0.29, 0.717) is 12.2 Å². The summed E-state index contributed by atoms with van der Waals surface area (Å²) in [4.78, 5) is 12.7. The summed E-state index contributed by atoms with van der Waals surface area (Å²) in [5, 5.41) is 2.65. The summed E-state index contributed by atoms with van der Waals surface area (Å²) in [6, 6.07) is 15.9. The van der Waals surface area contributed by atoms with Gasteiger partial charge in [0, 0.05) is 12.6 Å². The highest BCUT2D eigenvalue weighted by molar-refractivity contribution is 7.89. The minimum Gasteiger partial charge on any atom is -0.335 e. The first-order valence-corrected chi connectivity index (χ1v) is 10.1. The molecule has 0 aliphatic carbocycles. The SMILES string of the molecule is CC(=O)Nc1ccc(S(=O)(=O)N2CC[NH+](C)C[C@@H]2c2ccccc2)cc1. The Morgan fingerprint density at radius 2 is 1.77 bits per heavy atom. The quantitative estimate of drug-likeness (QED) is 0.836. The third-order valence-electron chi connectivity index (χ3n) is 4.61. The molecule has 0 bridgehead atoms. The number of hydrogen-bond acceptors (Lipinski definition) is 3. The fraction of sp³-hybridized carbons (Fsp3) is 0.316. The predicted octanol–water partition coefficient (Wildman–Crippen LogP) is 0.905. The van der Waals surface area contributed by atoms with Crippen LogP contribution in [0.25, 0.3) is 0 Å². The van der Waals surface area contributed by atoms with Crippen molar-refractivity contribution >= 4 is 21.6 Å². The number of likely N-dealkylation sites (N-methyl/N-ethyl adjacent to an activating group) is 1. The number of benzene rings is 2. The van der Waals surface area contributed by atoms with Gasteiger partial charge in [0.05, 0.1) is 37.6 Å². The van der Waals surface area contributed by atoms with Gasteiger partial charge in [0.1, 0.15) is 0 Å². The van der Waals surface area contributed by atoms with Crippen LogP contribution in [0.1, 0.15) is 18.5 Å². The van der Waals surface area contributed by atoms with E-state index >= 15 is 0 Å². The van der Waals surface area contributed by atoms with Crippen molar-refractivity contribution < 1.29 is 18.1 Å². The van der Waals surface area contributed by atoms with Gasteiger partial charge < -0.3 is 10.2 Å². The average Bonchev–Trinajstić information content (AvgIpc) is 2.62. The van der Waals surface area contributed by atoms with Crippen molar-refractivity contribution in [2.75, 3.05) is 32.0 Å². The van der Waals surface area contributed by atoms with Crippen molar-refractivity contribution in [3.05, 3.63) is 60.2 Å². The van der Waals surface area contributed by atoms with Crippen LogP contribution < -0.4 is 10.2 Å². The van der Waals surface area contributed by atoms with Gasteiger partial charge in [-0.2, -0.15) is 4.31 Å². The average molecular weight is 374 g/mol. The van der Waals surface area contributed by atoms with Crippen molar-refractivity contribution in [3.8, 4) is 0 Å². The molecule has 1 fully saturated rings. The van der Waals surface area contributed by atoms with E-state index in [0.717, 1.165) is 18.7 Å². The van der Waals surface area contributed by atoms with Crippen LogP contribution in [0.3, 0.4) is 0 Å². The summed E-state index contributed by atoms with van der Waals surface area (Å²) >= 11 is 0. The number of nitrogens with zero attached hydrogens (tertiary/aromatic N) is 1. The van der Waals surface area contributed by atoms with E-state index in [1.807, 2.05) is 30.3 Å². The number of rotatable bonds is 4. The second-order valence-electron chi connectivity index (χ2n) is 6.66. The molecular weight excluding hydrogens is 350 g/mol. The molecule has 2 aromatic rings. The van der Waals surface area contributed by atoms with Crippen LogP contribution in [-0.4, -0.2) is 45.3 Å². The molecule has 6 nitrogen and oxygen atoms in total. The molecular formula is C19H24N3O3S+. The molecule has 3 rings (SSSR count). The predicted molar refractivity (Wildman–Crippen MR) is 100 cm³/mol. The van der Waals surface area contributed by atoms with Gasteiger partial charge in [-0.05, 0) is 29.8 Å². The zero-order valence-corrected chi connectivity index (χ0v) is 15.8. The zero-order valence-electron chi connectivity index (χ0n) is 15.0. The highest BCUT2D eigenvalue weighted by Gasteiger charge is 2.38. The van der Waals surface area contributed by atoms with E-state index in [1.54, 1.807) is 28.6 Å². The molecule has 1 amide bonds. The van der Waals surface area contributed by atoms with Gasteiger partial charge >= 0.3 is 0 Å². The van der Waals surface area contributed by atoms with Gasteiger partial charge in [0.15, 0.2) is 0 Å². The largest absolute Gasteiger partial charge is 0.335 e. The number of sulfonamides is 1. The van der Waals surface area contributed by atoms with Crippen LogP contribution in [0.4, 0.5) is 5.69 Å². The molecule has 0 radical (unpaired) electrons. The van der Waals surface area contributed by atoms with Crippen molar-refractivity contribution in [2.45, 2.75) is 17.9 Å². The van der Waals surface area contributed by atoms with E-state index in [-0.39, 0.29) is 16.8 Å². The molecule has 2 N–H and O–H groups in total. The summed E-state index contributed by atoms with van der Waals surface area (Å²) in [5.41, 5.74) is 1.59. The summed E-state index contributed by atoms with van der Waals surface area (Å²) in [5.74, 6) is -0.188. The maximum Gasteiger partial charge on any atom is 0.244 e. The second kappa shape index (κ2) is 7.57. The summed E-state index contributed by atoms with van der Waals surface area (Å²) in [7, 11) is -1.54. The monoisotopic (exact) mass is 374 g/mol. The van der Waals surface area contributed by atoms with Gasteiger partial charge in [-0.3, -0.25) is 4.79 Å². The molecule has 138 valence electrons. The summed E-state index contributed by atoms with van der Waals surface area (Å²) < 4.78 is 28.1. The molecule has 2 aromatic carbocycles. The highest BCUT2D eigenvalue weighted by Crippen LogP contribution is 2.28. The number of carbonyl (C=O) groups is 1. The van der Waals surface area contributed by atoms with Crippen LogP contribution in [0.2, 0.25) is 0 Å². The van der Waals surface area contributed by atoms with Crippen LogP contribution in [0.5, 0.6) is 0 Å². The van der Waals surface area contributed by atoms with E-state index < -0.39 is 10.0 Å². The lowest BCUT2D eigenvalue weighted by molar-refractivity contribution is -0.887. The van der Waals surface area contributed by atoms with E-state index in [4.69, 9.17) is 0 Å². The molecule has 0 saturated carbocycles. The Hall–Kier alpha value is -2.22. The highest BCUT2D eigenvalue weighted by atomic mass is 32.2. The van der Waals surface area contributed by atoms with E-state index in [9.17, 15) is 13.2 Å². The van der Waals surface area contributed by atoms with Crippen LogP contribution in [-0.2, 0) is 14.8 Å². The van der Waals surface area contributed by atoms with Gasteiger partial charge in [0.2, 0.25) is 15.9 Å². The summed E-state index contributed by atoms with van der Waals surface area (Å²) in [6.07, 6.45) is 0. The maximum absolute atomic E-state index is 13.2. The van der Waals surface area contributed by atoms with E-state index in [1.165, 1.54) is 11.8 Å². The lowest BCUT2D eigenvalue weighted by Crippen LogP contribution is -3.12. The third-order valence-corrected chi connectivity index (χ3v) is 6.54. The van der Waals surface area contributed by atoms with E-state index in [2.05, 4.69) is 12.4 Å². The molecule has 0 aromatic heterocycles. The fourth-order valence-electron chi connectivity index (χ4n) is 3.29. The van der Waals surface area contributed by atoms with Crippen molar-refractivity contribution in [3.63, 3.8) is 0 Å². The molecule has 7 heteroatoms. The minimum absolute atomic E-state index is 0.188. The first-order valence-electron chi connectivity index (χ1n) is 8.63. The Morgan fingerprint density at radius 1 is 1.12 bits per heavy atom. The van der Waals surface area contributed by atoms with Crippen molar-refractivity contribution in [1.29, 1.82) is 0 Å². The normalized spacial score (nSPS) is 21.3. The zero-order chi connectivity index (χ0) is 18.7. The molecule has 1 heterocycles. The van der Waals surface area contributed by atoms with Gasteiger partial charge in [-0.1, -0.05) is 30.3 Å². The van der Waals surface area contributed by atoms with Gasteiger partial charge in [-0.15, -0.1) is 0 Å². The molecule has 1 unspecified atom stereocenters. The molecule has 26 heavy (non-hydrogen) atoms. The number of amides is 1. The van der Waals surface area contributed by atoms with Gasteiger partial charge in [0.25, 0.3) is 0 Å². The Bertz CT molecular complexity index is 867. The molecule has 1 aliphatic rings. The van der Waals surface area contributed by atoms with Crippen molar-refractivity contribution in [2.24, 2.45) is 0 Å². The maximum atomic E-state index is 13.2. The second-order valence-corrected chi connectivity index (χ2v) is 8.55. The number of piperazine rings is 1. The van der Waals surface area contributed by atoms with Crippen molar-refractivity contribution in [1.82, 2.24) is 4.31 Å². The molecule has 1 saturated heterocycles. The number of anilines is 1.